The summed E-state index contributed by atoms with van der Waals surface area (Å²) < 4.78 is 10.4. The molecule has 2 fully saturated rings. The van der Waals surface area contributed by atoms with Crippen LogP contribution >= 0.6 is 0 Å². The van der Waals surface area contributed by atoms with Crippen LogP contribution in [0.15, 0.2) is 60.9 Å². The van der Waals surface area contributed by atoms with Gasteiger partial charge in [0.15, 0.2) is 5.78 Å². The Balaban J connectivity index is 1.16. The van der Waals surface area contributed by atoms with Crippen molar-refractivity contribution < 1.29 is 38.9 Å². The van der Waals surface area contributed by atoms with Crippen LogP contribution in [0.25, 0.3) is 11.1 Å². The molecule has 2 saturated carbocycles. The number of anilines is 1. The van der Waals surface area contributed by atoms with Gasteiger partial charge in [0.1, 0.15) is 11.4 Å². The van der Waals surface area contributed by atoms with E-state index in [1.807, 2.05) is 62.4 Å². The van der Waals surface area contributed by atoms with Crippen molar-refractivity contribution in [1.82, 2.24) is 9.97 Å². The number of hydrogen-bond acceptors (Lipinski definition) is 10. The summed E-state index contributed by atoms with van der Waals surface area (Å²) >= 11 is 0. The first-order valence-electron chi connectivity index (χ1n) is 21.3. The third-order valence-corrected chi connectivity index (χ3v) is 12.4. The molecule has 2 aliphatic rings. The second kappa shape index (κ2) is 19.0. The van der Waals surface area contributed by atoms with Gasteiger partial charge in [0.05, 0.1) is 37.3 Å². The van der Waals surface area contributed by atoms with E-state index in [-0.39, 0.29) is 44.5 Å². The number of ketones is 1. The molecule has 0 spiro atoms. The molecule has 4 aromatic rings. The summed E-state index contributed by atoms with van der Waals surface area (Å²) in [5.41, 5.74) is 8.07. The van der Waals surface area contributed by atoms with E-state index < -0.39 is 22.8 Å². The van der Waals surface area contributed by atoms with Crippen molar-refractivity contribution in [3.05, 3.63) is 111 Å². The maximum Gasteiger partial charge on any atom is 0.314 e. The lowest BCUT2D eigenvalue weighted by molar-refractivity contribution is -0.158. The Kier molecular flexibility index (Phi) is 14.0. The second-order valence-corrected chi connectivity index (χ2v) is 17.1. The molecule has 3 N–H and O–H groups in total. The molecule has 6 rings (SSSR count). The van der Waals surface area contributed by atoms with Gasteiger partial charge < -0.3 is 25.0 Å². The molecular formula is C49H59N3O8. The number of aliphatic hydroxyl groups is 2. The summed E-state index contributed by atoms with van der Waals surface area (Å²) in [6.45, 7) is 10.8. The van der Waals surface area contributed by atoms with Crippen molar-refractivity contribution in [3.8, 4) is 11.1 Å². The van der Waals surface area contributed by atoms with Gasteiger partial charge in [0.2, 0.25) is 0 Å². The van der Waals surface area contributed by atoms with Crippen LogP contribution in [0.4, 0.5) is 5.69 Å². The summed E-state index contributed by atoms with van der Waals surface area (Å²) in [6.07, 6.45) is 9.65. The van der Waals surface area contributed by atoms with E-state index >= 15 is 0 Å². The van der Waals surface area contributed by atoms with Crippen LogP contribution in [0, 0.1) is 24.7 Å². The van der Waals surface area contributed by atoms with E-state index in [1.54, 1.807) is 40.1 Å². The Labute approximate surface area is 353 Å². The highest BCUT2D eigenvalue weighted by molar-refractivity contribution is 6.04. The zero-order valence-electron chi connectivity index (χ0n) is 35.9. The maximum absolute atomic E-state index is 13.8. The largest absolute Gasteiger partial charge is 0.466 e. The number of aryl methyl sites for hydroxylation is 2. The highest BCUT2D eigenvalue weighted by atomic mass is 16.5. The molecule has 2 heterocycles. The molecule has 1 amide bonds. The Hall–Kier alpha value is -5.26. The van der Waals surface area contributed by atoms with Crippen molar-refractivity contribution in [2.75, 3.05) is 31.7 Å². The number of carbonyl (C=O) groups excluding carboxylic acids is 4. The lowest BCUT2D eigenvalue weighted by atomic mass is 9.84. The monoisotopic (exact) mass is 817 g/mol. The fraction of sp³-hybridized carbons (Fsp3) is 0.469. The normalized spacial score (nSPS) is 15.7. The Morgan fingerprint density at radius 1 is 0.700 bits per heavy atom. The molecule has 2 aromatic carbocycles. The number of nitrogens with zero attached hydrogens (tertiary/aromatic N) is 2. The number of nitrogens with one attached hydrogen (secondary N) is 1. The van der Waals surface area contributed by atoms with Crippen molar-refractivity contribution >= 4 is 29.3 Å². The van der Waals surface area contributed by atoms with Gasteiger partial charge in [0, 0.05) is 24.5 Å². The number of aromatic nitrogens is 2. The molecule has 2 aliphatic carbocycles. The molecule has 0 radical (unpaired) electrons. The zero-order valence-corrected chi connectivity index (χ0v) is 35.9. The SMILES string of the molecule is CCOC(=O)[C@@](C)(CO)CCc1cnc(C(=O)Cc2cccc(-c3cccc(NC(=O)c4cc(C5CC5)c(CC[C@](C)(CO)C(=O)OCC)cn4)c3C)c2C)cc1C1CC1. The van der Waals surface area contributed by atoms with E-state index in [1.165, 1.54) is 0 Å². The van der Waals surface area contributed by atoms with Gasteiger partial charge in [0.25, 0.3) is 5.91 Å². The number of benzene rings is 2. The molecular weight excluding hydrogens is 759 g/mol. The van der Waals surface area contributed by atoms with Crippen molar-refractivity contribution in [1.29, 1.82) is 0 Å². The number of rotatable bonds is 20. The van der Waals surface area contributed by atoms with E-state index in [0.717, 1.165) is 75.8 Å². The van der Waals surface area contributed by atoms with Crippen molar-refractivity contribution in [2.45, 2.75) is 111 Å². The topological polar surface area (TPSA) is 165 Å². The minimum atomic E-state index is -1.02. The number of carbonyl (C=O) groups is 4. The lowest BCUT2D eigenvalue weighted by Crippen LogP contribution is -2.34. The molecule has 0 saturated heterocycles. The van der Waals surface area contributed by atoms with Crippen LogP contribution < -0.4 is 5.32 Å². The fourth-order valence-electron chi connectivity index (χ4n) is 7.84. The van der Waals surface area contributed by atoms with Gasteiger partial charge in [-0.15, -0.1) is 0 Å². The summed E-state index contributed by atoms with van der Waals surface area (Å²) in [5, 5.41) is 23.1. The van der Waals surface area contributed by atoms with Crippen LogP contribution in [0.2, 0.25) is 0 Å². The highest BCUT2D eigenvalue weighted by Gasteiger charge is 2.37. The van der Waals surface area contributed by atoms with Crippen LogP contribution in [-0.4, -0.2) is 70.2 Å². The predicted octanol–water partition coefficient (Wildman–Crippen LogP) is 8.18. The molecule has 2 atom stereocenters. The average molecular weight is 818 g/mol. The molecule has 0 bridgehead atoms. The Bertz CT molecular complexity index is 2090. The number of amides is 1. The van der Waals surface area contributed by atoms with Gasteiger partial charge in [-0.2, -0.15) is 0 Å². The van der Waals surface area contributed by atoms with Gasteiger partial charge in [-0.25, -0.2) is 0 Å². The standard InChI is InChI=1S/C49H59N3O8/c1-7-59-46(57)48(5,28-53)21-19-35-26-50-42(24-39(35)32-15-16-32)44(55)23-34-11-9-12-37(30(34)3)38-13-10-14-41(31(38)4)52-45(56)43-25-40(33-17-18-33)36(27-51-43)20-22-49(6,29-54)47(58)60-8-2/h9-14,24-27,32-33,53-54H,7-8,15-23,28-29H2,1-6H3,(H,52,56)/t48-,49-/m1/s1. The highest BCUT2D eigenvalue weighted by Crippen LogP contribution is 2.44. The van der Waals surface area contributed by atoms with Gasteiger partial charge in [-0.3, -0.25) is 29.1 Å². The number of aliphatic hydroxyl groups excluding tert-OH is 2. The fourth-order valence-corrected chi connectivity index (χ4v) is 7.84. The smallest absolute Gasteiger partial charge is 0.314 e. The molecule has 0 aliphatic heterocycles. The minimum absolute atomic E-state index is 0.0846. The summed E-state index contributed by atoms with van der Waals surface area (Å²) in [5.74, 6) is -0.560. The number of Topliss-reactive ketones (excluding diaryl/α,β-unsaturated/α-hetero) is 1. The third kappa shape index (κ3) is 10.0. The molecule has 318 valence electrons. The summed E-state index contributed by atoms with van der Waals surface area (Å²) in [6, 6.07) is 15.5. The number of hydrogen-bond donors (Lipinski definition) is 3. The van der Waals surface area contributed by atoms with E-state index in [0.29, 0.717) is 54.6 Å². The molecule has 2 aromatic heterocycles. The van der Waals surface area contributed by atoms with Gasteiger partial charge in [-0.05, 0) is 173 Å². The first-order chi connectivity index (χ1) is 28.7. The molecule has 0 unspecified atom stereocenters. The number of ether oxygens (including phenoxy) is 2. The Morgan fingerprint density at radius 2 is 1.18 bits per heavy atom. The van der Waals surface area contributed by atoms with Gasteiger partial charge >= 0.3 is 11.9 Å². The summed E-state index contributed by atoms with van der Waals surface area (Å²) in [7, 11) is 0. The van der Waals surface area contributed by atoms with Crippen molar-refractivity contribution in [3.63, 3.8) is 0 Å². The first-order valence-corrected chi connectivity index (χ1v) is 21.3. The maximum atomic E-state index is 13.8. The van der Waals surface area contributed by atoms with Crippen LogP contribution in [0.3, 0.4) is 0 Å². The third-order valence-electron chi connectivity index (χ3n) is 12.4. The lowest BCUT2D eigenvalue weighted by Gasteiger charge is -2.25. The average Bonchev–Trinajstić information content (AvgIpc) is 4.19. The molecule has 11 heteroatoms. The van der Waals surface area contributed by atoms with E-state index in [2.05, 4.69) is 15.3 Å². The summed E-state index contributed by atoms with van der Waals surface area (Å²) in [4.78, 5) is 61.8. The first kappa shape index (κ1) is 44.3. The predicted molar refractivity (Wildman–Crippen MR) is 230 cm³/mol. The molecule has 11 nitrogen and oxygen atoms in total. The zero-order chi connectivity index (χ0) is 43.2. The van der Waals surface area contributed by atoms with Crippen molar-refractivity contribution in [2.24, 2.45) is 10.8 Å². The quantitative estimate of drug-likeness (QED) is 0.0585. The minimum Gasteiger partial charge on any atom is -0.466 e. The molecule has 60 heavy (non-hydrogen) atoms. The van der Waals surface area contributed by atoms with Gasteiger partial charge in [-0.1, -0.05) is 30.3 Å². The van der Waals surface area contributed by atoms with Crippen LogP contribution in [0.5, 0.6) is 0 Å². The van der Waals surface area contributed by atoms with E-state index in [9.17, 15) is 29.4 Å². The second-order valence-electron chi connectivity index (χ2n) is 17.1. The van der Waals surface area contributed by atoms with Crippen LogP contribution in [0.1, 0.15) is 138 Å². The van der Waals surface area contributed by atoms with E-state index in [4.69, 9.17) is 9.47 Å². The van der Waals surface area contributed by atoms with Crippen LogP contribution in [-0.2, 0) is 38.3 Å². The number of esters is 2. The Morgan fingerprint density at radius 3 is 1.68 bits per heavy atom. The number of pyridine rings is 2.